The number of aryl methyl sites for hydroxylation is 1. The van der Waals surface area contributed by atoms with Crippen molar-refractivity contribution in [1.82, 2.24) is 9.55 Å². The Kier molecular flexibility index (Phi) is 4.33. The van der Waals surface area contributed by atoms with Gasteiger partial charge in [0.05, 0.1) is 0 Å². The molecular weight excluding hydrogens is 296 g/mol. The summed E-state index contributed by atoms with van der Waals surface area (Å²) in [6, 6.07) is 9.05. The Morgan fingerprint density at radius 1 is 1.17 bits per heavy atom. The van der Waals surface area contributed by atoms with Crippen LogP contribution in [-0.4, -0.2) is 23.6 Å². The first-order valence-electron chi connectivity index (χ1n) is 8.40. The predicted octanol–water partition coefficient (Wildman–Crippen LogP) is 4.12. The molecule has 0 radical (unpaired) electrons. The molecule has 0 saturated heterocycles. The monoisotopic (exact) mass is 322 g/mol. The number of anilines is 1. The van der Waals surface area contributed by atoms with Crippen LogP contribution in [0, 0.1) is 6.92 Å². The lowest BCUT2D eigenvalue weighted by atomic mass is 9.99. The summed E-state index contributed by atoms with van der Waals surface area (Å²) in [6.45, 7) is 7.12. The van der Waals surface area contributed by atoms with Gasteiger partial charge in [0.15, 0.2) is 0 Å². The molecule has 2 heterocycles. The van der Waals surface area contributed by atoms with Crippen LogP contribution in [0.5, 0.6) is 0 Å². The number of benzene rings is 1. The second-order valence-electron chi connectivity index (χ2n) is 6.85. The number of nitrogens with two attached hydrogens (primary N) is 1. The zero-order chi connectivity index (χ0) is 17.4. The van der Waals surface area contributed by atoms with Crippen molar-refractivity contribution in [1.29, 1.82) is 0 Å². The Bertz CT molecular complexity index is 857. The minimum absolute atomic E-state index is 0.413. The molecule has 24 heavy (non-hydrogen) atoms. The lowest BCUT2D eigenvalue weighted by molar-refractivity contribution is 0.622. The molecule has 0 fully saturated rings. The smallest absolute Gasteiger partial charge is 0.127 e. The van der Waals surface area contributed by atoms with E-state index in [4.69, 9.17) is 5.73 Å². The number of rotatable bonds is 4. The number of aromatic nitrogens is 2. The number of hydrogen-bond acceptors (Lipinski definition) is 3. The Labute approximate surface area is 143 Å². The average molecular weight is 322 g/mol. The van der Waals surface area contributed by atoms with E-state index in [9.17, 15) is 0 Å². The molecule has 0 aliphatic carbocycles. The zero-order valence-corrected chi connectivity index (χ0v) is 15.2. The zero-order valence-electron chi connectivity index (χ0n) is 15.2. The summed E-state index contributed by atoms with van der Waals surface area (Å²) in [5.41, 5.74) is 12.1. The maximum absolute atomic E-state index is 6.05. The van der Waals surface area contributed by atoms with E-state index in [2.05, 4.69) is 54.7 Å². The fourth-order valence-electron chi connectivity index (χ4n) is 3.26. The maximum Gasteiger partial charge on any atom is 0.127 e. The minimum atomic E-state index is 0.413. The van der Waals surface area contributed by atoms with Gasteiger partial charge in [-0.25, -0.2) is 4.98 Å². The highest BCUT2D eigenvalue weighted by Gasteiger charge is 2.14. The molecule has 0 saturated carbocycles. The molecule has 1 aromatic carbocycles. The molecule has 0 unspecified atom stereocenters. The first-order chi connectivity index (χ1) is 11.4. The summed E-state index contributed by atoms with van der Waals surface area (Å²) in [7, 11) is 4.00. The van der Waals surface area contributed by atoms with Gasteiger partial charge >= 0.3 is 0 Å². The number of nitrogens with zero attached hydrogens (tertiary/aromatic N) is 3. The predicted molar refractivity (Wildman–Crippen MR) is 103 cm³/mol. The Balaban J connectivity index is 2.20. The van der Waals surface area contributed by atoms with Gasteiger partial charge in [0.1, 0.15) is 5.82 Å². The van der Waals surface area contributed by atoms with Crippen LogP contribution in [0.1, 0.15) is 31.0 Å². The van der Waals surface area contributed by atoms with Crippen molar-refractivity contribution in [2.45, 2.75) is 33.4 Å². The van der Waals surface area contributed by atoms with Crippen LogP contribution in [0.3, 0.4) is 0 Å². The number of fused-ring (bicyclic) bond motifs is 1. The van der Waals surface area contributed by atoms with Crippen LogP contribution in [0.4, 0.5) is 5.82 Å². The van der Waals surface area contributed by atoms with E-state index in [0.717, 1.165) is 11.4 Å². The lowest BCUT2D eigenvalue weighted by Crippen LogP contribution is -2.10. The van der Waals surface area contributed by atoms with Gasteiger partial charge in [0.2, 0.25) is 0 Å². The molecule has 3 aromatic rings. The van der Waals surface area contributed by atoms with Crippen LogP contribution in [0.25, 0.3) is 22.0 Å². The molecule has 0 aliphatic rings. The van der Waals surface area contributed by atoms with Crippen LogP contribution in [-0.2, 0) is 6.54 Å². The summed E-state index contributed by atoms with van der Waals surface area (Å²) in [5, 5.41) is 1.29. The molecular formula is C20H26N4. The van der Waals surface area contributed by atoms with Crippen molar-refractivity contribution >= 4 is 16.7 Å². The standard InChI is InChI=1S/C20H26N4/c1-13(2)24-12-14(3)20-17(10-21)8-16(9-18(20)24)15-6-7-19(22-11-15)23(4)5/h6-9,11-13H,10,21H2,1-5H3. The van der Waals surface area contributed by atoms with Gasteiger partial charge < -0.3 is 15.2 Å². The fourth-order valence-corrected chi connectivity index (χ4v) is 3.26. The third-order valence-electron chi connectivity index (χ3n) is 4.52. The Morgan fingerprint density at radius 2 is 1.92 bits per heavy atom. The van der Waals surface area contributed by atoms with Crippen molar-refractivity contribution in [2.75, 3.05) is 19.0 Å². The van der Waals surface area contributed by atoms with Crippen molar-refractivity contribution in [3.05, 3.63) is 47.8 Å². The topological polar surface area (TPSA) is 47.1 Å². The SMILES string of the molecule is Cc1cn(C(C)C)c2cc(-c3ccc(N(C)C)nc3)cc(CN)c12. The molecule has 0 aliphatic heterocycles. The van der Waals surface area contributed by atoms with Gasteiger partial charge in [-0.15, -0.1) is 0 Å². The molecule has 4 heteroatoms. The van der Waals surface area contributed by atoms with Gasteiger partial charge in [-0.3, -0.25) is 0 Å². The van der Waals surface area contributed by atoms with Gasteiger partial charge in [-0.1, -0.05) is 0 Å². The third kappa shape index (κ3) is 2.78. The molecule has 3 rings (SSSR count). The second kappa shape index (κ2) is 6.29. The van der Waals surface area contributed by atoms with Crippen LogP contribution < -0.4 is 10.6 Å². The highest BCUT2D eigenvalue weighted by atomic mass is 15.1. The molecule has 2 N–H and O–H groups in total. The molecule has 0 spiro atoms. The second-order valence-corrected chi connectivity index (χ2v) is 6.85. The number of hydrogen-bond donors (Lipinski definition) is 1. The summed E-state index contributed by atoms with van der Waals surface area (Å²) < 4.78 is 2.33. The average Bonchev–Trinajstić information content (AvgIpc) is 2.91. The van der Waals surface area contributed by atoms with E-state index >= 15 is 0 Å². The maximum atomic E-state index is 6.05. The van der Waals surface area contributed by atoms with Crippen LogP contribution in [0.15, 0.2) is 36.7 Å². The minimum Gasteiger partial charge on any atom is -0.363 e. The molecule has 0 amide bonds. The fraction of sp³-hybridized carbons (Fsp3) is 0.350. The normalized spacial score (nSPS) is 11.5. The van der Waals surface area contributed by atoms with E-state index < -0.39 is 0 Å². The molecule has 0 atom stereocenters. The van der Waals surface area contributed by atoms with E-state index in [1.54, 1.807) is 0 Å². The Hall–Kier alpha value is -2.33. The largest absolute Gasteiger partial charge is 0.363 e. The van der Waals surface area contributed by atoms with Gasteiger partial charge in [-0.05, 0) is 61.7 Å². The summed E-state index contributed by atoms with van der Waals surface area (Å²) in [4.78, 5) is 6.55. The van der Waals surface area contributed by atoms with Crippen molar-refractivity contribution in [2.24, 2.45) is 5.73 Å². The number of pyridine rings is 1. The van der Waals surface area contributed by atoms with Crippen LogP contribution >= 0.6 is 0 Å². The van der Waals surface area contributed by atoms with Crippen molar-refractivity contribution in [3.63, 3.8) is 0 Å². The summed E-state index contributed by atoms with van der Waals surface area (Å²) in [6.07, 6.45) is 4.16. The van der Waals surface area contributed by atoms with Gasteiger partial charge in [0.25, 0.3) is 0 Å². The molecule has 2 aromatic heterocycles. The van der Waals surface area contributed by atoms with Crippen molar-refractivity contribution in [3.8, 4) is 11.1 Å². The Morgan fingerprint density at radius 3 is 2.46 bits per heavy atom. The highest BCUT2D eigenvalue weighted by molar-refractivity contribution is 5.91. The summed E-state index contributed by atoms with van der Waals surface area (Å²) in [5.74, 6) is 0.959. The third-order valence-corrected chi connectivity index (χ3v) is 4.52. The lowest BCUT2D eigenvalue weighted by Gasteiger charge is -2.14. The molecule has 4 nitrogen and oxygen atoms in total. The van der Waals surface area contributed by atoms with E-state index in [-0.39, 0.29) is 0 Å². The van der Waals surface area contributed by atoms with E-state index in [1.807, 2.05) is 31.3 Å². The quantitative estimate of drug-likeness (QED) is 0.786. The first kappa shape index (κ1) is 16.5. The van der Waals surface area contributed by atoms with Gasteiger partial charge in [0, 0.05) is 55.5 Å². The first-order valence-corrected chi connectivity index (χ1v) is 8.40. The van der Waals surface area contributed by atoms with Gasteiger partial charge in [-0.2, -0.15) is 0 Å². The highest BCUT2D eigenvalue weighted by Crippen LogP contribution is 2.32. The van der Waals surface area contributed by atoms with Crippen molar-refractivity contribution < 1.29 is 0 Å². The van der Waals surface area contributed by atoms with E-state index in [1.165, 1.54) is 27.6 Å². The van der Waals surface area contributed by atoms with Crippen LogP contribution in [0.2, 0.25) is 0 Å². The molecule has 0 bridgehead atoms. The molecule has 126 valence electrons. The summed E-state index contributed by atoms with van der Waals surface area (Å²) >= 11 is 0. The van der Waals surface area contributed by atoms with E-state index in [0.29, 0.717) is 12.6 Å².